The van der Waals surface area contributed by atoms with Crippen molar-refractivity contribution in [3.8, 4) is 0 Å². The Morgan fingerprint density at radius 1 is 0.362 bits per heavy atom. The topological polar surface area (TPSA) is 154 Å². The van der Waals surface area contributed by atoms with Crippen molar-refractivity contribution in [2.24, 2.45) is 0 Å². The lowest BCUT2D eigenvalue weighted by Gasteiger charge is -2.19. The van der Waals surface area contributed by atoms with Crippen LogP contribution < -0.4 is 0 Å². The molecule has 0 atom stereocenters. The summed E-state index contributed by atoms with van der Waals surface area (Å²) in [6.07, 6.45) is 0.481. The molecular weight excluding hydrogens is 624 g/mol. The fourth-order valence-corrected chi connectivity index (χ4v) is 3.24. The number of ether oxygens (including phenoxy) is 13. The molecular formula is C32H62O15. The van der Waals surface area contributed by atoms with Crippen molar-refractivity contribution in [1.29, 1.82) is 0 Å². The fourth-order valence-electron chi connectivity index (χ4n) is 3.24. The van der Waals surface area contributed by atoms with E-state index < -0.39 is 5.60 Å². The molecule has 0 rings (SSSR count). The van der Waals surface area contributed by atoms with Crippen molar-refractivity contribution in [1.82, 2.24) is 0 Å². The average molecular weight is 687 g/mol. The molecule has 0 radical (unpaired) electrons. The summed E-state index contributed by atoms with van der Waals surface area (Å²) in [5.74, 6) is -0.522. The van der Waals surface area contributed by atoms with Crippen molar-refractivity contribution < 1.29 is 71.2 Å². The molecule has 0 N–H and O–H groups in total. The summed E-state index contributed by atoms with van der Waals surface area (Å²) < 4.78 is 69.7. The minimum absolute atomic E-state index is 0.228. The van der Waals surface area contributed by atoms with E-state index in [-0.39, 0.29) is 24.8 Å². The lowest BCUT2D eigenvalue weighted by atomic mass is 10.2. The van der Waals surface area contributed by atoms with Crippen LogP contribution in [-0.2, 0) is 71.2 Å². The molecule has 0 aliphatic carbocycles. The monoisotopic (exact) mass is 686 g/mol. The van der Waals surface area contributed by atoms with Gasteiger partial charge in [-0.3, -0.25) is 9.59 Å². The van der Waals surface area contributed by atoms with Crippen LogP contribution in [0, 0.1) is 0 Å². The number of hydrogen-bond acceptors (Lipinski definition) is 15. The first kappa shape index (κ1) is 45.5. The average Bonchev–Trinajstić information content (AvgIpc) is 3.02. The molecule has 0 fully saturated rings. The molecule has 47 heavy (non-hydrogen) atoms. The van der Waals surface area contributed by atoms with E-state index in [1.807, 2.05) is 20.8 Å². The molecule has 0 aromatic heterocycles. The van der Waals surface area contributed by atoms with Crippen molar-refractivity contribution in [3.63, 3.8) is 0 Å². The highest BCUT2D eigenvalue weighted by atomic mass is 16.6. The number of rotatable bonds is 37. The van der Waals surface area contributed by atoms with Crippen LogP contribution in [-0.4, -0.2) is 169 Å². The van der Waals surface area contributed by atoms with E-state index in [1.165, 1.54) is 0 Å². The highest BCUT2D eigenvalue weighted by Crippen LogP contribution is 2.08. The number of hydrogen-bond donors (Lipinski definition) is 0. The molecule has 0 bridgehead atoms. The van der Waals surface area contributed by atoms with Crippen LogP contribution in [0.25, 0.3) is 0 Å². The molecule has 0 heterocycles. The van der Waals surface area contributed by atoms with E-state index in [0.29, 0.717) is 152 Å². The minimum Gasteiger partial charge on any atom is -0.466 e. The van der Waals surface area contributed by atoms with Crippen LogP contribution in [0.4, 0.5) is 0 Å². The van der Waals surface area contributed by atoms with Crippen molar-refractivity contribution in [3.05, 3.63) is 0 Å². The maximum Gasteiger partial charge on any atom is 0.308 e. The third kappa shape index (κ3) is 40.6. The zero-order chi connectivity index (χ0) is 34.5. The molecule has 0 amide bonds. The quantitative estimate of drug-likeness (QED) is 0.0689. The second-order valence-electron chi connectivity index (χ2n) is 10.6. The SMILES string of the molecule is CCOC(=O)CCOCCOCCOCCOCCOCCOCCOCCOCCOCCOCCOCCC(=O)OC(C)(C)C. The fraction of sp³-hybridized carbons (Fsp3) is 0.938. The van der Waals surface area contributed by atoms with Crippen LogP contribution in [0.15, 0.2) is 0 Å². The second-order valence-corrected chi connectivity index (χ2v) is 10.6. The molecule has 0 aliphatic heterocycles. The Labute approximate surface area is 281 Å². The van der Waals surface area contributed by atoms with Crippen molar-refractivity contribution in [2.75, 3.05) is 152 Å². The highest BCUT2D eigenvalue weighted by molar-refractivity contribution is 5.70. The molecule has 0 unspecified atom stereocenters. The molecule has 0 saturated carbocycles. The Bertz CT molecular complexity index is 675. The van der Waals surface area contributed by atoms with Crippen molar-refractivity contribution in [2.45, 2.75) is 46.1 Å². The molecule has 0 saturated heterocycles. The summed E-state index contributed by atoms with van der Waals surface area (Å²) in [5.41, 5.74) is -0.477. The van der Waals surface area contributed by atoms with Gasteiger partial charge in [0, 0.05) is 0 Å². The van der Waals surface area contributed by atoms with Gasteiger partial charge in [0.1, 0.15) is 5.60 Å². The van der Waals surface area contributed by atoms with Crippen LogP contribution in [0.5, 0.6) is 0 Å². The lowest BCUT2D eigenvalue weighted by molar-refractivity contribution is -0.156. The first-order chi connectivity index (χ1) is 22.8. The Morgan fingerprint density at radius 2 is 0.574 bits per heavy atom. The van der Waals surface area contributed by atoms with Gasteiger partial charge >= 0.3 is 11.9 Å². The van der Waals surface area contributed by atoms with E-state index in [4.69, 9.17) is 61.6 Å². The van der Waals surface area contributed by atoms with Gasteiger partial charge in [-0.25, -0.2) is 0 Å². The van der Waals surface area contributed by atoms with Gasteiger partial charge in [-0.05, 0) is 27.7 Å². The standard InChI is InChI=1S/C32H62O15/c1-5-46-30(33)6-8-35-10-12-37-14-16-39-18-20-41-22-24-43-26-28-45-29-27-44-25-23-42-21-19-40-17-15-38-13-11-36-9-7-31(34)47-32(2,3)4/h5-29H2,1-4H3. The van der Waals surface area contributed by atoms with E-state index in [9.17, 15) is 9.59 Å². The van der Waals surface area contributed by atoms with Crippen molar-refractivity contribution >= 4 is 11.9 Å². The first-order valence-corrected chi connectivity index (χ1v) is 16.6. The number of carbonyl (C=O) groups is 2. The predicted octanol–water partition coefficient (Wildman–Crippen LogP) is 1.85. The summed E-state index contributed by atoms with van der Waals surface area (Å²) in [5, 5.41) is 0. The summed E-state index contributed by atoms with van der Waals surface area (Å²) in [6.45, 7) is 17.7. The highest BCUT2D eigenvalue weighted by Gasteiger charge is 2.15. The summed E-state index contributed by atoms with van der Waals surface area (Å²) >= 11 is 0. The Morgan fingerprint density at radius 3 is 0.787 bits per heavy atom. The summed E-state index contributed by atoms with van der Waals surface area (Å²) in [4.78, 5) is 22.7. The van der Waals surface area contributed by atoms with Gasteiger partial charge in [0.2, 0.25) is 0 Å². The number of carbonyl (C=O) groups excluding carboxylic acids is 2. The van der Waals surface area contributed by atoms with Crippen LogP contribution in [0.2, 0.25) is 0 Å². The molecule has 0 aromatic rings. The Balaban J connectivity index is 3.11. The molecule has 280 valence electrons. The third-order valence-corrected chi connectivity index (χ3v) is 5.35. The summed E-state index contributed by atoms with van der Waals surface area (Å²) in [6, 6.07) is 0. The second kappa shape index (κ2) is 35.8. The largest absolute Gasteiger partial charge is 0.466 e. The van der Waals surface area contributed by atoms with Gasteiger partial charge in [0.15, 0.2) is 0 Å². The van der Waals surface area contributed by atoms with E-state index in [1.54, 1.807) is 6.92 Å². The van der Waals surface area contributed by atoms with Crippen LogP contribution in [0.1, 0.15) is 40.5 Å². The van der Waals surface area contributed by atoms with E-state index in [2.05, 4.69) is 0 Å². The number of esters is 2. The zero-order valence-corrected chi connectivity index (χ0v) is 29.3. The first-order valence-electron chi connectivity index (χ1n) is 16.6. The molecule has 0 aliphatic rings. The third-order valence-electron chi connectivity index (χ3n) is 5.35. The van der Waals surface area contributed by atoms with Gasteiger partial charge in [-0.1, -0.05) is 0 Å². The normalized spacial score (nSPS) is 11.7. The predicted molar refractivity (Wildman–Crippen MR) is 171 cm³/mol. The maximum absolute atomic E-state index is 11.6. The van der Waals surface area contributed by atoms with Crippen LogP contribution in [0.3, 0.4) is 0 Å². The summed E-state index contributed by atoms with van der Waals surface area (Å²) in [7, 11) is 0. The van der Waals surface area contributed by atoms with Gasteiger partial charge in [0.25, 0.3) is 0 Å². The van der Waals surface area contributed by atoms with Crippen LogP contribution >= 0.6 is 0 Å². The Kier molecular flexibility index (Phi) is 34.7. The van der Waals surface area contributed by atoms with E-state index in [0.717, 1.165) is 0 Å². The van der Waals surface area contributed by atoms with Gasteiger partial charge in [0.05, 0.1) is 165 Å². The molecule has 15 nitrogen and oxygen atoms in total. The molecule has 0 aromatic carbocycles. The van der Waals surface area contributed by atoms with Gasteiger partial charge in [-0.2, -0.15) is 0 Å². The molecule has 0 spiro atoms. The van der Waals surface area contributed by atoms with E-state index >= 15 is 0 Å². The lowest BCUT2D eigenvalue weighted by Crippen LogP contribution is -2.24. The Hall–Kier alpha value is -1.50. The van der Waals surface area contributed by atoms with Gasteiger partial charge < -0.3 is 61.6 Å². The molecule has 15 heteroatoms. The van der Waals surface area contributed by atoms with Gasteiger partial charge in [-0.15, -0.1) is 0 Å². The smallest absolute Gasteiger partial charge is 0.308 e. The maximum atomic E-state index is 11.6. The minimum atomic E-state index is -0.477. The zero-order valence-electron chi connectivity index (χ0n) is 29.3.